The molecule has 19 heteroatoms. The first-order valence-electron chi connectivity index (χ1n) is 37.2. The molecule has 3 heterocycles. The van der Waals surface area contributed by atoms with Gasteiger partial charge in [-0.25, -0.2) is 0 Å². The fourth-order valence-electron chi connectivity index (χ4n) is 12.3. The molecule has 3 aliphatic rings. The molecular formula is C75H133NO18. The van der Waals surface area contributed by atoms with Crippen LogP contribution >= 0.6 is 0 Å². The molecule has 3 fully saturated rings. The standard InChI is InChI=1S/C75H133NO18/c1-3-5-7-9-11-13-15-17-19-21-23-25-27-29-31-33-35-37-39-41-43-45-47-49-51-53-63(81)76-58(59(80)52-50-48-46-44-42-40-38-36-34-32-30-28-26-24-22-20-18-16-14-12-10-8-6-4-2)57-89-73-69(87)66(84)71(61(55-78)91-73)94-75-70(88)67(85)72(62(56-79)92-75)93-74-68(86)65(83)64(82)60(54-77)90-74/h5,7,11,13,17,19,23,25,42,44,50,52,58-62,64-75,77-80,82-88H,3-4,6,8-10,12,14-16,18,20-22,24,26-41,43,45-49,51,53-57H2,1-2H3,(H,76,81)/b7-5-,13-11-,19-17-,25-23-,44-42+,52-50+. The number of carbonyl (C=O) groups is 1. The van der Waals surface area contributed by atoms with Crippen molar-refractivity contribution in [1.29, 1.82) is 0 Å². The van der Waals surface area contributed by atoms with E-state index in [9.17, 15) is 61.0 Å². The SMILES string of the molecule is CC/C=C\C/C=C\C/C=C\C/C=C\CCCCCCCCCCCCCCC(=O)NC(COC1OC(CO)C(OC2OC(CO)C(OC3OC(CO)C(O)C(O)C3O)C(O)C2O)C(O)C1O)C(O)/C=C/CC/C=C/CCCCCCCCCCCCCCCCCCCC. The highest BCUT2D eigenvalue weighted by Gasteiger charge is 2.53. The summed E-state index contributed by atoms with van der Waals surface area (Å²) >= 11 is 0. The fourth-order valence-corrected chi connectivity index (χ4v) is 12.3. The van der Waals surface area contributed by atoms with E-state index in [2.05, 4.69) is 79.9 Å². The summed E-state index contributed by atoms with van der Waals surface area (Å²) in [7, 11) is 0. The van der Waals surface area contributed by atoms with Gasteiger partial charge < -0.3 is 89.9 Å². The minimum absolute atomic E-state index is 0.230. The summed E-state index contributed by atoms with van der Waals surface area (Å²) in [6.07, 6.45) is 44.5. The summed E-state index contributed by atoms with van der Waals surface area (Å²) in [6, 6.07) is -0.996. The summed E-state index contributed by atoms with van der Waals surface area (Å²) in [4.78, 5) is 13.4. The van der Waals surface area contributed by atoms with Crippen LogP contribution in [0.5, 0.6) is 0 Å². The first-order chi connectivity index (χ1) is 45.8. The average molecular weight is 1340 g/mol. The molecule has 17 unspecified atom stereocenters. The topological polar surface area (TPSA) is 307 Å². The van der Waals surface area contributed by atoms with Crippen molar-refractivity contribution >= 4 is 5.91 Å². The smallest absolute Gasteiger partial charge is 0.220 e. The van der Waals surface area contributed by atoms with E-state index >= 15 is 0 Å². The van der Waals surface area contributed by atoms with Gasteiger partial charge in [-0.2, -0.15) is 0 Å². The van der Waals surface area contributed by atoms with E-state index in [0.717, 1.165) is 77.0 Å². The van der Waals surface area contributed by atoms with E-state index in [0.29, 0.717) is 12.8 Å². The molecule has 0 radical (unpaired) electrons. The lowest BCUT2D eigenvalue weighted by molar-refractivity contribution is -0.379. The van der Waals surface area contributed by atoms with E-state index in [1.54, 1.807) is 6.08 Å². The predicted molar refractivity (Wildman–Crippen MR) is 369 cm³/mol. The summed E-state index contributed by atoms with van der Waals surface area (Å²) in [6.45, 7) is 1.62. The number of aliphatic hydroxyl groups excluding tert-OH is 11. The van der Waals surface area contributed by atoms with E-state index in [-0.39, 0.29) is 18.9 Å². The highest BCUT2D eigenvalue weighted by atomic mass is 16.8. The molecule has 3 rings (SSSR count). The quantitative estimate of drug-likeness (QED) is 0.0199. The Morgan fingerprint density at radius 1 is 0.394 bits per heavy atom. The lowest BCUT2D eigenvalue weighted by Gasteiger charge is -2.48. The monoisotopic (exact) mass is 1340 g/mol. The highest BCUT2D eigenvalue weighted by molar-refractivity contribution is 5.76. The van der Waals surface area contributed by atoms with Gasteiger partial charge in [-0.3, -0.25) is 4.79 Å². The normalized spacial score (nSPS) is 27.8. The van der Waals surface area contributed by atoms with E-state index in [1.165, 1.54) is 154 Å². The molecule has 0 aromatic heterocycles. The van der Waals surface area contributed by atoms with E-state index < -0.39 is 124 Å². The van der Waals surface area contributed by atoms with Gasteiger partial charge in [0.15, 0.2) is 18.9 Å². The van der Waals surface area contributed by atoms with Gasteiger partial charge in [0.25, 0.3) is 0 Å². The minimum atomic E-state index is -1.98. The van der Waals surface area contributed by atoms with Crippen LogP contribution in [0.3, 0.4) is 0 Å². The molecule has 1 amide bonds. The van der Waals surface area contributed by atoms with Gasteiger partial charge in [-0.05, 0) is 70.6 Å². The van der Waals surface area contributed by atoms with Crippen molar-refractivity contribution in [1.82, 2.24) is 5.32 Å². The third kappa shape index (κ3) is 36.9. The molecule has 17 atom stereocenters. The Morgan fingerprint density at radius 3 is 1.19 bits per heavy atom. The maximum absolute atomic E-state index is 13.4. The second-order valence-corrected chi connectivity index (χ2v) is 26.4. The highest BCUT2D eigenvalue weighted by Crippen LogP contribution is 2.33. The van der Waals surface area contributed by atoms with Crippen molar-refractivity contribution < 1.29 is 89.4 Å². The molecule has 0 aromatic carbocycles. The summed E-state index contributed by atoms with van der Waals surface area (Å²) in [5, 5.41) is 121. The molecule has 0 saturated carbocycles. The number of hydrogen-bond donors (Lipinski definition) is 12. The van der Waals surface area contributed by atoms with Crippen molar-refractivity contribution in [3.05, 3.63) is 72.9 Å². The van der Waals surface area contributed by atoms with Crippen molar-refractivity contribution in [2.45, 2.75) is 369 Å². The molecule has 0 spiro atoms. The van der Waals surface area contributed by atoms with Gasteiger partial charge in [0.05, 0.1) is 38.6 Å². The van der Waals surface area contributed by atoms with Crippen molar-refractivity contribution in [3.8, 4) is 0 Å². The number of ether oxygens (including phenoxy) is 6. The van der Waals surface area contributed by atoms with Gasteiger partial charge in [0.1, 0.15) is 73.2 Å². The Kier molecular flexibility index (Phi) is 50.9. The molecule has 0 aliphatic carbocycles. The number of amides is 1. The van der Waals surface area contributed by atoms with Crippen LogP contribution in [-0.4, -0.2) is 193 Å². The molecule has 94 heavy (non-hydrogen) atoms. The van der Waals surface area contributed by atoms with Gasteiger partial charge in [-0.15, -0.1) is 0 Å². The zero-order valence-electron chi connectivity index (χ0n) is 57.9. The van der Waals surface area contributed by atoms with Crippen LogP contribution < -0.4 is 5.32 Å². The first kappa shape index (κ1) is 85.5. The fraction of sp³-hybridized carbons (Fsp3) is 0.827. The number of nitrogens with one attached hydrogen (secondary N) is 1. The molecule has 3 aliphatic heterocycles. The van der Waals surface area contributed by atoms with Gasteiger partial charge in [0.2, 0.25) is 5.91 Å². The maximum Gasteiger partial charge on any atom is 0.220 e. The molecule has 19 nitrogen and oxygen atoms in total. The Bertz CT molecular complexity index is 1980. The molecule has 0 aromatic rings. The lowest BCUT2D eigenvalue weighted by Crippen LogP contribution is -2.66. The van der Waals surface area contributed by atoms with Crippen LogP contribution in [0.1, 0.15) is 264 Å². The Balaban J connectivity index is 1.43. The second-order valence-electron chi connectivity index (χ2n) is 26.4. The summed E-state index contributed by atoms with van der Waals surface area (Å²) < 4.78 is 34.4. The molecule has 3 saturated heterocycles. The van der Waals surface area contributed by atoms with E-state index in [4.69, 9.17) is 28.4 Å². The number of aliphatic hydroxyl groups is 11. The predicted octanol–water partition coefficient (Wildman–Crippen LogP) is 10.9. The Hall–Kier alpha value is -2.77. The number of carbonyl (C=O) groups excluding carboxylic acids is 1. The largest absolute Gasteiger partial charge is 0.394 e. The third-order valence-corrected chi connectivity index (χ3v) is 18.2. The first-order valence-corrected chi connectivity index (χ1v) is 37.2. The van der Waals surface area contributed by atoms with Crippen LogP contribution in [0.2, 0.25) is 0 Å². The van der Waals surface area contributed by atoms with Gasteiger partial charge in [0, 0.05) is 6.42 Å². The zero-order chi connectivity index (χ0) is 68.2. The van der Waals surface area contributed by atoms with Crippen LogP contribution in [0.15, 0.2) is 72.9 Å². The van der Waals surface area contributed by atoms with Crippen LogP contribution in [0.25, 0.3) is 0 Å². The van der Waals surface area contributed by atoms with Crippen molar-refractivity contribution in [3.63, 3.8) is 0 Å². The van der Waals surface area contributed by atoms with Crippen molar-refractivity contribution in [2.75, 3.05) is 26.4 Å². The second kappa shape index (κ2) is 56.0. The minimum Gasteiger partial charge on any atom is -0.394 e. The summed E-state index contributed by atoms with van der Waals surface area (Å²) in [5.41, 5.74) is 0. The van der Waals surface area contributed by atoms with Gasteiger partial charge in [-0.1, -0.05) is 260 Å². The third-order valence-electron chi connectivity index (χ3n) is 18.2. The number of rotatable bonds is 57. The molecule has 0 bridgehead atoms. The Morgan fingerprint density at radius 2 is 0.745 bits per heavy atom. The van der Waals surface area contributed by atoms with E-state index in [1.807, 2.05) is 6.08 Å². The molecule has 546 valence electrons. The van der Waals surface area contributed by atoms with Crippen LogP contribution in [0, 0.1) is 0 Å². The average Bonchev–Trinajstić information content (AvgIpc) is 0.788. The summed E-state index contributed by atoms with van der Waals surface area (Å²) in [5.74, 6) is -0.288. The van der Waals surface area contributed by atoms with Crippen molar-refractivity contribution in [2.24, 2.45) is 0 Å². The van der Waals surface area contributed by atoms with Crippen LogP contribution in [0.4, 0.5) is 0 Å². The number of unbranched alkanes of at least 4 members (excludes halogenated alkanes) is 31. The molecular weight excluding hydrogens is 1200 g/mol. The van der Waals surface area contributed by atoms with Gasteiger partial charge >= 0.3 is 0 Å². The van der Waals surface area contributed by atoms with Crippen LogP contribution in [-0.2, 0) is 33.2 Å². The maximum atomic E-state index is 13.4. The zero-order valence-corrected chi connectivity index (χ0v) is 57.9. The lowest BCUT2D eigenvalue weighted by atomic mass is 9.96. The number of allylic oxidation sites excluding steroid dienone is 11. The molecule has 12 N–H and O–H groups in total. The number of hydrogen-bond acceptors (Lipinski definition) is 18. The Labute approximate surface area is 566 Å².